The van der Waals surface area contributed by atoms with Crippen LogP contribution >= 0.6 is 0 Å². The maximum Gasteiger partial charge on any atom is 0.0963 e. The maximum atomic E-state index is 5.20. The minimum atomic E-state index is -0.00308. The summed E-state index contributed by atoms with van der Waals surface area (Å²) >= 11 is 0. The van der Waals surface area contributed by atoms with E-state index in [1.165, 1.54) is 16.7 Å². The Hall–Kier alpha value is -5.87. The van der Waals surface area contributed by atoms with Gasteiger partial charge in [0.25, 0.3) is 0 Å². The fraction of sp³-hybridized carbons (Fsp3) is 0.0930. The van der Waals surface area contributed by atoms with E-state index in [9.17, 15) is 0 Å². The summed E-state index contributed by atoms with van der Waals surface area (Å²) in [6.45, 7) is 6.68. The zero-order valence-electron chi connectivity index (χ0n) is 26.7. The highest BCUT2D eigenvalue weighted by atomic mass is 15.0. The molecule has 4 aromatic carbocycles. The molecule has 4 aromatic heterocycles. The van der Waals surface area contributed by atoms with Crippen molar-refractivity contribution in [3.8, 4) is 50.6 Å². The van der Waals surface area contributed by atoms with Gasteiger partial charge in [0, 0.05) is 29.0 Å². The van der Waals surface area contributed by atoms with E-state index in [2.05, 4.69) is 153 Å². The number of hydrogen-bond acceptors (Lipinski definition) is 3. The standard InChI is InChI=1S/C43H34N4/c1-43(2,3)34-22-24-44-38(28-34)39-27-33(26-37(46-39)31-20-18-30(19-21-31)29-11-5-4-6-12-29)32-13-9-14-35(25-32)47-40-16-8-7-15-36(40)42-41(47)17-10-23-45-42/h4-28H,1-3H3. The normalized spacial score (nSPS) is 11.7. The Morgan fingerprint density at radius 1 is 0.468 bits per heavy atom. The molecule has 0 radical (unpaired) electrons. The molecule has 0 aliphatic heterocycles. The fourth-order valence-corrected chi connectivity index (χ4v) is 6.36. The number of benzene rings is 4. The number of pyridine rings is 3. The van der Waals surface area contributed by atoms with Crippen LogP contribution < -0.4 is 0 Å². The lowest BCUT2D eigenvalue weighted by molar-refractivity contribution is 0.589. The summed E-state index contributed by atoms with van der Waals surface area (Å²) in [4.78, 5) is 14.7. The van der Waals surface area contributed by atoms with Gasteiger partial charge in [0.15, 0.2) is 0 Å². The van der Waals surface area contributed by atoms with Gasteiger partial charge in [-0.1, -0.05) is 106 Å². The van der Waals surface area contributed by atoms with Crippen LogP contribution in [0.2, 0.25) is 0 Å². The molecule has 0 saturated heterocycles. The summed E-state index contributed by atoms with van der Waals surface area (Å²) in [6.07, 6.45) is 3.76. The molecule has 47 heavy (non-hydrogen) atoms. The highest BCUT2D eigenvalue weighted by Gasteiger charge is 2.17. The van der Waals surface area contributed by atoms with E-state index >= 15 is 0 Å². The van der Waals surface area contributed by atoms with Gasteiger partial charge in [-0.2, -0.15) is 0 Å². The highest BCUT2D eigenvalue weighted by Crippen LogP contribution is 2.35. The molecule has 0 N–H and O–H groups in total. The highest BCUT2D eigenvalue weighted by molar-refractivity contribution is 6.07. The maximum absolute atomic E-state index is 5.20. The Kier molecular flexibility index (Phi) is 6.99. The third kappa shape index (κ3) is 5.38. The van der Waals surface area contributed by atoms with Crippen molar-refractivity contribution in [2.24, 2.45) is 0 Å². The largest absolute Gasteiger partial charge is 0.308 e. The summed E-state index contributed by atoms with van der Waals surface area (Å²) in [5.41, 5.74) is 13.8. The number of aromatic nitrogens is 4. The smallest absolute Gasteiger partial charge is 0.0963 e. The molecule has 4 heteroatoms. The molecule has 0 fully saturated rings. The van der Waals surface area contributed by atoms with E-state index in [0.29, 0.717) is 0 Å². The minimum Gasteiger partial charge on any atom is -0.308 e. The van der Waals surface area contributed by atoms with Gasteiger partial charge in [-0.3, -0.25) is 9.97 Å². The molecule has 0 aliphatic rings. The van der Waals surface area contributed by atoms with Crippen molar-refractivity contribution in [1.29, 1.82) is 0 Å². The number of hydrogen-bond donors (Lipinski definition) is 0. The van der Waals surface area contributed by atoms with E-state index in [4.69, 9.17) is 15.0 Å². The molecule has 4 heterocycles. The first-order valence-electron chi connectivity index (χ1n) is 16.0. The summed E-state index contributed by atoms with van der Waals surface area (Å²) in [6, 6.07) is 49.2. The van der Waals surface area contributed by atoms with Gasteiger partial charge < -0.3 is 4.57 Å². The van der Waals surface area contributed by atoms with Gasteiger partial charge in [-0.05, 0) is 87.8 Å². The zero-order chi connectivity index (χ0) is 32.0. The fourth-order valence-electron chi connectivity index (χ4n) is 6.36. The third-order valence-corrected chi connectivity index (χ3v) is 8.87. The topological polar surface area (TPSA) is 43.6 Å². The van der Waals surface area contributed by atoms with Gasteiger partial charge in [-0.15, -0.1) is 0 Å². The molecular weight excluding hydrogens is 573 g/mol. The quantitative estimate of drug-likeness (QED) is 0.196. The summed E-state index contributed by atoms with van der Waals surface area (Å²) in [5, 5.41) is 1.14. The molecule has 0 atom stereocenters. The molecule has 0 saturated carbocycles. The minimum absolute atomic E-state index is 0.00308. The molecule has 0 bridgehead atoms. The number of fused-ring (bicyclic) bond motifs is 3. The summed E-state index contributed by atoms with van der Waals surface area (Å²) < 4.78 is 2.31. The lowest BCUT2D eigenvalue weighted by atomic mass is 9.87. The van der Waals surface area contributed by atoms with Crippen LogP contribution in [0.5, 0.6) is 0 Å². The lowest BCUT2D eigenvalue weighted by Crippen LogP contribution is -2.11. The van der Waals surface area contributed by atoms with Crippen molar-refractivity contribution >= 4 is 21.9 Å². The predicted molar refractivity (Wildman–Crippen MR) is 195 cm³/mol. The van der Waals surface area contributed by atoms with Crippen LogP contribution in [-0.4, -0.2) is 19.5 Å². The SMILES string of the molecule is CC(C)(C)c1ccnc(-c2cc(-c3cccc(-n4c5ccccc5c5ncccc54)c3)cc(-c3ccc(-c4ccccc4)cc3)n2)c1. The molecule has 0 spiro atoms. The lowest BCUT2D eigenvalue weighted by Gasteiger charge is -2.19. The summed E-state index contributed by atoms with van der Waals surface area (Å²) in [7, 11) is 0. The van der Waals surface area contributed by atoms with Crippen LogP contribution in [-0.2, 0) is 5.41 Å². The predicted octanol–water partition coefficient (Wildman–Crippen LogP) is 10.9. The second-order valence-electron chi connectivity index (χ2n) is 13.0. The molecule has 226 valence electrons. The second-order valence-corrected chi connectivity index (χ2v) is 13.0. The Morgan fingerprint density at radius 3 is 2.00 bits per heavy atom. The van der Waals surface area contributed by atoms with Crippen LogP contribution in [0.3, 0.4) is 0 Å². The van der Waals surface area contributed by atoms with Crippen molar-refractivity contribution in [3.05, 3.63) is 157 Å². The Balaban J connectivity index is 1.29. The number of para-hydroxylation sites is 1. The first-order valence-corrected chi connectivity index (χ1v) is 16.0. The zero-order valence-corrected chi connectivity index (χ0v) is 26.7. The molecular formula is C43H34N4. The van der Waals surface area contributed by atoms with Gasteiger partial charge in [0.2, 0.25) is 0 Å². The molecule has 8 aromatic rings. The van der Waals surface area contributed by atoms with Crippen molar-refractivity contribution in [1.82, 2.24) is 19.5 Å². The van der Waals surface area contributed by atoms with Crippen LogP contribution in [0.1, 0.15) is 26.3 Å². The monoisotopic (exact) mass is 606 g/mol. The summed E-state index contributed by atoms with van der Waals surface area (Å²) in [5.74, 6) is 0. The van der Waals surface area contributed by atoms with Crippen molar-refractivity contribution in [2.45, 2.75) is 26.2 Å². The van der Waals surface area contributed by atoms with E-state index < -0.39 is 0 Å². The van der Waals surface area contributed by atoms with E-state index in [-0.39, 0.29) is 5.41 Å². The van der Waals surface area contributed by atoms with Crippen LogP contribution in [0.15, 0.2) is 152 Å². The molecule has 8 rings (SSSR count). The molecule has 0 aliphatic carbocycles. The average Bonchev–Trinajstić information content (AvgIpc) is 3.46. The van der Waals surface area contributed by atoms with Gasteiger partial charge in [0.05, 0.1) is 33.6 Å². The van der Waals surface area contributed by atoms with E-state index in [0.717, 1.165) is 61.4 Å². The average molecular weight is 607 g/mol. The Morgan fingerprint density at radius 2 is 1.17 bits per heavy atom. The van der Waals surface area contributed by atoms with E-state index in [1.54, 1.807) is 0 Å². The number of rotatable bonds is 5. The van der Waals surface area contributed by atoms with Crippen LogP contribution in [0, 0.1) is 0 Å². The third-order valence-electron chi connectivity index (χ3n) is 8.87. The first kappa shape index (κ1) is 28.6. The van der Waals surface area contributed by atoms with Gasteiger partial charge >= 0.3 is 0 Å². The Bertz CT molecular complexity index is 2330. The first-order chi connectivity index (χ1) is 22.9. The van der Waals surface area contributed by atoms with Crippen LogP contribution in [0.25, 0.3) is 72.5 Å². The molecule has 0 amide bonds. The van der Waals surface area contributed by atoms with Crippen molar-refractivity contribution < 1.29 is 0 Å². The number of nitrogens with zero attached hydrogens (tertiary/aromatic N) is 4. The second kappa shape index (κ2) is 11.5. The molecule has 4 nitrogen and oxygen atoms in total. The van der Waals surface area contributed by atoms with Gasteiger partial charge in [-0.25, -0.2) is 4.98 Å². The van der Waals surface area contributed by atoms with Crippen molar-refractivity contribution in [2.75, 3.05) is 0 Å². The van der Waals surface area contributed by atoms with E-state index in [1.807, 2.05) is 24.5 Å². The van der Waals surface area contributed by atoms with Crippen molar-refractivity contribution in [3.63, 3.8) is 0 Å². The molecule has 0 unspecified atom stereocenters. The Labute approximate surface area is 275 Å². The van der Waals surface area contributed by atoms with Crippen LogP contribution in [0.4, 0.5) is 0 Å². The van der Waals surface area contributed by atoms with Gasteiger partial charge in [0.1, 0.15) is 0 Å².